The van der Waals surface area contributed by atoms with Crippen LogP contribution in [-0.4, -0.2) is 32.9 Å². The average Bonchev–Trinajstić information content (AvgIpc) is 3.13. The molecule has 0 spiro atoms. The van der Waals surface area contributed by atoms with Crippen LogP contribution < -0.4 is 10.9 Å². The molecular weight excluding hydrogens is 406 g/mol. The van der Waals surface area contributed by atoms with E-state index in [2.05, 4.69) is 10.3 Å². The van der Waals surface area contributed by atoms with Crippen molar-refractivity contribution in [3.8, 4) is 0 Å². The maximum atomic E-state index is 13.0. The molecule has 8 heteroatoms. The van der Waals surface area contributed by atoms with Crippen molar-refractivity contribution in [3.63, 3.8) is 0 Å². The van der Waals surface area contributed by atoms with Gasteiger partial charge in [0.05, 0.1) is 24.4 Å². The third-order valence-electron chi connectivity index (χ3n) is 4.44. The molecule has 0 aliphatic carbocycles. The Labute approximate surface area is 175 Å². The van der Waals surface area contributed by atoms with E-state index in [1.165, 1.54) is 27.7 Å². The first-order chi connectivity index (χ1) is 14.2. The van der Waals surface area contributed by atoms with Gasteiger partial charge in [0, 0.05) is 16.6 Å². The number of rotatable bonds is 7. The van der Waals surface area contributed by atoms with Gasteiger partial charge in [0.25, 0.3) is 5.56 Å². The Morgan fingerprint density at radius 3 is 2.69 bits per heavy atom. The zero-order valence-corrected chi connectivity index (χ0v) is 17.1. The fourth-order valence-corrected chi connectivity index (χ4v) is 4.98. The van der Waals surface area contributed by atoms with E-state index in [0.717, 1.165) is 15.6 Å². The van der Waals surface area contributed by atoms with E-state index >= 15 is 0 Å². The Bertz CT molecular complexity index is 1220. The van der Waals surface area contributed by atoms with Gasteiger partial charge in [-0.15, -0.1) is 11.3 Å². The van der Waals surface area contributed by atoms with Crippen molar-refractivity contribution in [1.82, 2.24) is 14.9 Å². The summed E-state index contributed by atoms with van der Waals surface area (Å²) in [5.74, 6) is -0.00270. The number of aromatic nitrogens is 2. The highest BCUT2D eigenvalue weighted by Gasteiger charge is 2.17. The van der Waals surface area contributed by atoms with E-state index in [1.54, 1.807) is 0 Å². The zero-order valence-electron chi connectivity index (χ0n) is 15.5. The van der Waals surface area contributed by atoms with Crippen LogP contribution in [0.2, 0.25) is 0 Å². The number of thiophene rings is 1. The molecule has 0 unspecified atom stereocenters. The summed E-state index contributed by atoms with van der Waals surface area (Å²) in [5, 5.41) is 13.6. The van der Waals surface area contributed by atoms with Crippen molar-refractivity contribution in [3.05, 3.63) is 70.5 Å². The monoisotopic (exact) mass is 425 g/mol. The number of hydrogen-bond donors (Lipinski definition) is 2. The first-order valence-corrected chi connectivity index (χ1v) is 10.9. The molecule has 148 valence electrons. The largest absolute Gasteiger partial charge is 0.395 e. The summed E-state index contributed by atoms with van der Waals surface area (Å²) in [7, 11) is 0. The zero-order chi connectivity index (χ0) is 20.2. The molecule has 0 bridgehead atoms. The Morgan fingerprint density at radius 1 is 1.14 bits per heavy atom. The average molecular weight is 426 g/mol. The van der Waals surface area contributed by atoms with E-state index in [0.29, 0.717) is 21.9 Å². The summed E-state index contributed by atoms with van der Waals surface area (Å²) >= 11 is 2.61. The highest BCUT2D eigenvalue weighted by Crippen LogP contribution is 2.31. The molecule has 2 N–H and O–H groups in total. The summed E-state index contributed by atoms with van der Waals surface area (Å²) in [6.07, 6.45) is 0. The van der Waals surface area contributed by atoms with Crippen molar-refractivity contribution < 1.29 is 9.90 Å². The number of aliphatic hydroxyl groups is 1. The maximum absolute atomic E-state index is 13.0. The number of nitrogens with zero attached hydrogens (tertiary/aromatic N) is 2. The molecular formula is C21H19N3O3S2. The van der Waals surface area contributed by atoms with Crippen LogP contribution >= 0.6 is 23.1 Å². The molecule has 29 heavy (non-hydrogen) atoms. The molecule has 0 radical (unpaired) electrons. The predicted octanol–water partition coefficient (Wildman–Crippen LogP) is 3.01. The lowest BCUT2D eigenvalue weighted by molar-refractivity contribution is -0.118. The number of hydrogen-bond acceptors (Lipinski definition) is 6. The number of aliphatic hydroxyl groups excluding tert-OH is 1. The van der Waals surface area contributed by atoms with E-state index < -0.39 is 0 Å². The molecule has 0 fully saturated rings. The lowest BCUT2D eigenvalue weighted by Gasteiger charge is -2.11. The van der Waals surface area contributed by atoms with Gasteiger partial charge in [0.2, 0.25) is 5.91 Å². The highest BCUT2D eigenvalue weighted by molar-refractivity contribution is 7.99. The highest BCUT2D eigenvalue weighted by atomic mass is 32.2. The molecule has 2 aromatic carbocycles. The van der Waals surface area contributed by atoms with Gasteiger partial charge in [-0.1, -0.05) is 60.3 Å². The summed E-state index contributed by atoms with van der Waals surface area (Å²) in [4.78, 5) is 29.9. The number of benzene rings is 2. The Morgan fingerprint density at radius 2 is 1.90 bits per heavy atom. The topological polar surface area (TPSA) is 84.2 Å². The van der Waals surface area contributed by atoms with Gasteiger partial charge in [0.1, 0.15) is 4.70 Å². The number of thioether (sulfide) groups is 1. The number of fused-ring (bicyclic) bond motifs is 3. The Hall–Kier alpha value is -2.68. The SMILES string of the molecule is O=C(CSc1nc2c(sc3ccccc32)c(=O)n1CCO)NCc1ccccc1. The molecule has 4 rings (SSSR count). The number of carbonyl (C=O) groups excluding carboxylic acids is 1. The molecule has 1 amide bonds. The van der Waals surface area contributed by atoms with Crippen LogP contribution in [0.25, 0.3) is 20.3 Å². The van der Waals surface area contributed by atoms with Gasteiger partial charge in [-0.05, 0) is 11.6 Å². The molecule has 0 saturated heterocycles. The summed E-state index contributed by atoms with van der Waals surface area (Å²) in [5.41, 5.74) is 1.49. The molecule has 0 atom stereocenters. The second-order valence-corrected chi connectivity index (χ2v) is 8.40. The van der Waals surface area contributed by atoms with E-state index in [-0.39, 0.29) is 30.4 Å². The van der Waals surface area contributed by atoms with Crippen LogP contribution in [0.5, 0.6) is 0 Å². The number of nitrogens with one attached hydrogen (secondary N) is 1. The predicted molar refractivity (Wildman–Crippen MR) is 117 cm³/mol. The van der Waals surface area contributed by atoms with E-state index in [4.69, 9.17) is 0 Å². The lowest BCUT2D eigenvalue weighted by atomic mass is 10.2. The van der Waals surface area contributed by atoms with Gasteiger partial charge in [-0.2, -0.15) is 0 Å². The first-order valence-electron chi connectivity index (χ1n) is 9.13. The molecule has 2 aromatic heterocycles. The van der Waals surface area contributed by atoms with E-state index in [1.807, 2.05) is 54.6 Å². The minimum Gasteiger partial charge on any atom is -0.395 e. The minimum absolute atomic E-state index is 0.137. The third kappa shape index (κ3) is 4.19. The fourth-order valence-electron chi connectivity index (χ4n) is 3.04. The van der Waals surface area contributed by atoms with Crippen molar-refractivity contribution in [2.75, 3.05) is 12.4 Å². The van der Waals surface area contributed by atoms with Gasteiger partial charge >= 0.3 is 0 Å². The van der Waals surface area contributed by atoms with Crippen molar-refractivity contribution in [2.24, 2.45) is 0 Å². The second kappa shape index (κ2) is 8.77. The molecule has 0 aliphatic heterocycles. The van der Waals surface area contributed by atoms with Crippen LogP contribution in [0.3, 0.4) is 0 Å². The standard InChI is InChI=1S/C21H19N3O3S2/c25-11-10-24-20(27)19-18(15-8-4-5-9-16(15)29-19)23-21(24)28-13-17(26)22-12-14-6-2-1-3-7-14/h1-9,25H,10-13H2,(H,22,26). The Kier molecular flexibility index (Phi) is 5.94. The van der Waals surface area contributed by atoms with Crippen molar-refractivity contribution >= 4 is 49.3 Å². The first kappa shape index (κ1) is 19.6. The smallest absolute Gasteiger partial charge is 0.272 e. The molecule has 4 aromatic rings. The normalized spacial score (nSPS) is 11.2. The quantitative estimate of drug-likeness (QED) is 0.351. The van der Waals surface area contributed by atoms with Crippen LogP contribution in [0.1, 0.15) is 5.56 Å². The van der Waals surface area contributed by atoms with Crippen LogP contribution in [0.15, 0.2) is 64.5 Å². The molecule has 0 aliphatic rings. The van der Waals surface area contributed by atoms with Crippen LogP contribution in [0.4, 0.5) is 0 Å². The molecule has 2 heterocycles. The molecule has 0 saturated carbocycles. The van der Waals surface area contributed by atoms with Gasteiger partial charge in [-0.25, -0.2) is 4.98 Å². The minimum atomic E-state index is -0.183. The summed E-state index contributed by atoms with van der Waals surface area (Å²) in [6.45, 7) is 0.418. The van der Waals surface area contributed by atoms with Gasteiger partial charge in [-0.3, -0.25) is 14.2 Å². The fraction of sp³-hybridized carbons (Fsp3) is 0.190. The summed E-state index contributed by atoms with van der Waals surface area (Å²) < 4.78 is 3.01. The van der Waals surface area contributed by atoms with Gasteiger partial charge in [0.15, 0.2) is 5.16 Å². The number of carbonyl (C=O) groups is 1. The van der Waals surface area contributed by atoms with Crippen LogP contribution in [0, 0.1) is 0 Å². The maximum Gasteiger partial charge on any atom is 0.272 e. The van der Waals surface area contributed by atoms with Crippen molar-refractivity contribution in [2.45, 2.75) is 18.2 Å². The third-order valence-corrected chi connectivity index (χ3v) is 6.56. The summed E-state index contributed by atoms with van der Waals surface area (Å²) in [6, 6.07) is 17.4. The lowest BCUT2D eigenvalue weighted by Crippen LogP contribution is -2.27. The van der Waals surface area contributed by atoms with Gasteiger partial charge < -0.3 is 10.4 Å². The van der Waals surface area contributed by atoms with Crippen LogP contribution in [-0.2, 0) is 17.9 Å². The molecule has 6 nitrogen and oxygen atoms in total. The second-order valence-electron chi connectivity index (χ2n) is 6.40. The Balaban J connectivity index is 1.58. The van der Waals surface area contributed by atoms with Crippen molar-refractivity contribution in [1.29, 1.82) is 0 Å². The number of amides is 1. The van der Waals surface area contributed by atoms with E-state index in [9.17, 15) is 14.7 Å².